The van der Waals surface area contributed by atoms with Crippen LogP contribution in [-0.4, -0.2) is 9.61 Å². The van der Waals surface area contributed by atoms with Crippen molar-refractivity contribution in [3.05, 3.63) is 30.1 Å². The molecule has 0 radical (unpaired) electrons. The summed E-state index contributed by atoms with van der Waals surface area (Å²) in [6, 6.07) is 5.84. The average molecular weight is 147 g/mol. The fourth-order valence-corrected chi connectivity index (χ4v) is 1.13. The van der Waals surface area contributed by atoms with Crippen LogP contribution >= 0.6 is 0 Å². The van der Waals surface area contributed by atoms with Gasteiger partial charge in [0.05, 0.1) is 23.1 Å². The minimum atomic E-state index is 0.737. The van der Waals surface area contributed by atoms with E-state index in [-0.39, 0.29) is 0 Å². The molecule has 0 saturated heterocycles. The first-order valence-electron chi connectivity index (χ1n) is 3.47. The fourth-order valence-electron chi connectivity index (χ4n) is 1.13. The number of rotatable bonds is 0. The molecule has 56 valence electrons. The van der Waals surface area contributed by atoms with Crippen LogP contribution < -0.4 is 5.73 Å². The minimum absolute atomic E-state index is 0.737. The number of nitrogen functional groups attached to an aromatic ring is 1. The van der Waals surface area contributed by atoms with E-state index in [0.29, 0.717) is 0 Å². The van der Waals surface area contributed by atoms with Crippen LogP contribution in [0.4, 0.5) is 5.69 Å². The van der Waals surface area contributed by atoms with E-state index in [4.69, 9.17) is 5.73 Å². The maximum atomic E-state index is 5.57. The second-order valence-electron chi connectivity index (χ2n) is 2.62. The van der Waals surface area contributed by atoms with Gasteiger partial charge in [-0.3, -0.25) is 0 Å². The van der Waals surface area contributed by atoms with Gasteiger partial charge in [-0.2, -0.15) is 5.10 Å². The Balaban J connectivity index is 2.82. The van der Waals surface area contributed by atoms with Gasteiger partial charge in [0, 0.05) is 0 Å². The summed E-state index contributed by atoms with van der Waals surface area (Å²) in [5, 5.41) is 4.21. The van der Waals surface area contributed by atoms with Crippen molar-refractivity contribution < 1.29 is 0 Å². The molecule has 0 aliphatic carbocycles. The lowest BCUT2D eigenvalue weighted by molar-refractivity contribution is 0.936. The Morgan fingerprint density at radius 1 is 1.45 bits per heavy atom. The zero-order valence-electron chi connectivity index (χ0n) is 6.28. The quantitative estimate of drug-likeness (QED) is 0.609. The first kappa shape index (κ1) is 6.22. The largest absolute Gasteiger partial charge is 0.397 e. The first-order chi connectivity index (χ1) is 5.25. The number of aromatic nitrogens is 2. The van der Waals surface area contributed by atoms with E-state index in [1.54, 1.807) is 4.52 Å². The van der Waals surface area contributed by atoms with Gasteiger partial charge in [-0.1, -0.05) is 0 Å². The second-order valence-corrected chi connectivity index (χ2v) is 2.62. The van der Waals surface area contributed by atoms with E-state index in [0.717, 1.165) is 16.9 Å². The number of anilines is 1. The molecule has 0 atom stereocenters. The van der Waals surface area contributed by atoms with Crippen molar-refractivity contribution in [3.63, 3.8) is 0 Å². The van der Waals surface area contributed by atoms with Gasteiger partial charge in [0.25, 0.3) is 0 Å². The lowest BCUT2D eigenvalue weighted by Crippen LogP contribution is -1.90. The predicted octanol–water partition coefficient (Wildman–Crippen LogP) is 1.22. The molecule has 3 heteroatoms. The molecule has 0 aromatic carbocycles. The molecule has 0 saturated carbocycles. The normalized spacial score (nSPS) is 10.6. The van der Waals surface area contributed by atoms with Gasteiger partial charge in [-0.15, -0.1) is 0 Å². The molecule has 2 aromatic rings. The van der Waals surface area contributed by atoms with Crippen molar-refractivity contribution in [2.45, 2.75) is 6.92 Å². The van der Waals surface area contributed by atoms with Crippen molar-refractivity contribution in [3.8, 4) is 0 Å². The summed E-state index contributed by atoms with van der Waals surface area (Å²) in [5.74, 6) is 0. The number of nitrogens with two attached hydrogens (primary N) is 1. The minimum Gasteiger partial charge on any atom is -0.397 e. The topological polar surface area (TPSA) is 43.3 Å². The number of fused-ring (bicyclic) bond motifs is 1. The Morgan fingerprint density at radius 3 is 3.09 bits per heavy atom. The van der Waals surface area contributed by atoms with Crippen molar-refractivity contribution in [2.24, 2.45) is 0 Å². The van der Waals surface area contributed by atoms with Crippen molar-refractivity contribution >= 4 is 11.2 Å². The Morgan fingerprint density at radius 2 is 2.27 bits per heavy atom. The molecule has 0 aliphatic heterocycles. The van der Waals surface area contributed by atoms with Crippen LogP contribution in [0.5, 0.6) is 0 Å². The summed E-state index contributed by atoms with van der Waals surface area (Å²) in [4.78, 5) is 0. The number of pyridine rings is 1. The van der Waals surface area contributed by atoms with Crippen LogP contribution in [0.1, 0.15) is 5.69 Å². The summed E-state index contributed by atoms with van der Waals surface area (Å²) < 4.78 is 1.78. The second kappa shape index (κ2) is 1.99. The molecule has 0 spiro atoms. The van der Waals surface area contributed by atoms with Crippen LogP contribution in [0.15, 0.2) is 24.4 Å². The summed E-state index contributed by atoms with van der Waals surface area (Å²) in [5.41, 5.74) is 8.40. The van der Waals surface area contributed by atoms with Crippen LogP contribution in [0.2, 0.25) is 0 Å². The highest BCUT2D eigenvalue weighted by atomic mass is 15.2. The van der Waals surface area contributed by atoms with Crippen LogP contribution in [0.3, 0.4) is 0 Å². The molecule has 3 nitrogen and oxygen atoms in total. The molecule has 2 N–H and O–H groups in total. The van der Waals surface area contributed by atoms with Crippen molar-refractivity contribution in [2.75, 3.05) is 5.73 Å². The van der Waals surface area contributed by atoms with Crippen molar-refractivity contribution in [1.82, 2.24) is 9.61 Å². The van der Waals surface area contributed by atoms with Crippen LogP contribution in [0, 0.1) is 6.92 Å². The molecule has 11 heavy (non-hydrogen) atoms. The third kappa shape index (κ3) is 0.941. The summed E-state index contributed by atoms with van der Waals surface area (Å²) in [7, 11) is 0. The smallest absolute Gasteiger partial charge is 0.0665 e. The van der Waals surface area contributed by atoms with Gasteiger partial charge < -0.3 is 5.73 Å². The van der Waals surface area contributed by atoms with Gasteiger partial charge in [0.2, 0.25) is 0 Å². The standard InChI is InChI=1S/C8H9N3/c1-6-4-8-3-2-7(9)5-11(8)10-6/h2-5H,9H2,1H3. The molecule has 2 aromatic heterocycles. The van der Waals surface area contributed by atoms with E-state index >= 15 is 0 Å². The molecule has 2 heterocycles. The average Bonchev–Trinajstić information content (AvgIpc) is 2.27. The summed E-state index contributed by atoms with van der Waals surface area (Å²) in [6.45, 7) is 1.96. The molecule has 2 rings (SSSR count). The number of hydrogen-bond acceptors (Lipinski definition) is 2. The maximum absolute atomic E-state index is 5.57. The molecule has 0 bridgehead atoms. The van der Waals surface area contributed by atoms with E-state index < -0.39 is 0 Å². The lowest BCUT2D eigenvalue weighted by Gasteiger charge is -1.93. The molecular weight excluding hydrogens is 138 g/mol. The fraction of sp³-hybridized carbons (Fsp3) is 0.125. The third-order valence-corrected chi connectivity index (χ3v) is 1.60. The van der Waals surface area contributed by atoms with Gasteiger partial charge in [0.15, 0.2) is 0 Å². The van der Waals surface area contributed by atoms with Gasteiger partial charge in [0.1, 0.15) is 0 Å². The Bertz CT molecular complexity index is 389. The highest BCUT2D eigenvalue weighted by Gasteiger charge is 1.95. The Hall–Kier alpha value is -1.51. The van der Waals surface area contributed by atoms with Crippen LogP contribution in [-0.2, 0) is 0 Å². The predicted molar refractivity (Wildman–Crippen MR) is 44.3 cm³/mol. The third-order valence-electron chi connectivity index (χ3n) is 1.60. The zero-order valence-corrected chi connectivity index (χ0v) is 6.28. The molecule has 0 amide bonds. The molecule has 0 unspecified atom stereocenters. The van der Waals surface area contributed by atoms with Gasteiger partial charge in [-0.25, -0.2) is 4.52 Å². The van der Waals surface area contributed by atoms with E-state index in [1.807, 2.05) is 31.3 Å². The maximum Gasteiger partial charge on any atom is 0.0665 e. The Labute approximate surface area is 64.4 Å². The highest BCUT2D eigenvalue weighted by Crippen LogP contribution is 2.08. The van der Waals surface area contributed by atoms with Crippen LogP contribution in [0.25, 0.3) is 5.52 Å². The number of hydrogen-bond donors (Lipinski definition) is 1. The number of aryl methyl sites for hydroxylation is 1. The summed E-state index contributed by atoms with van der Waals surface area (Å²) >= 11 is 0. The first-order valence-corrected chi connectivity index (χ1v) is 3.47. The van der Waals surface area contributed by atoms with E-state index in [1.165, 1.54) is 0 Å². The SMILES string of the molecule is Cc1cc2ccc(N)cn2n1. The molecule has 0 fully saturated rings. The molecular formula is C8H9N3. The monoisotopic (exact) mass is 147 g/mol. The van der Waals surface area contributed by atoms with E-state index in [9.17, 15) is 0 Å². The highest BCUT2D eigenvalue weighted by molar-refractivity contribution is 5.52. The number of nitrogens with zero attached hydrogens (tertiary/aromatic N) is 2. The lowest BCUT2D eigenvalue weighted by atomic mass is 10.3. The Kier molecular flexibility index (Phi) is 1.12. The van der Waals surface area contributed by atoms with Gasteiger partial charge in [-0.05, 0) is 25.1 Å². The van der Waals surface area contributed by atoms with E-state index in [2.05, 4.69) is 5.10 Å². The zero-order chi connectivity index (χ0) is 7.84. The summed E-state index contributed by atoms with van der Waals surface area (Å²) in [6.07, 6.45) is 1.81. The van der Waals surface area contributed by atoms with Gasteiger partial charge >= 0.3 is 0 Å². The van der Waals surface area contributed by atoms with Crippen molar-refractivity contribution in [1.29, 1.82) is 0 Å². The molecule has 0 aliphatic rings.